The van der Waals surface area contributed by atoms with E-state index in [0.717, 1.165) is 6.42 Å². The zero-order valence-corrected chi connectivity index (χ0v) is 18.8. The van der Waals surface area contributed by atoms with Gasteiger partial charge in [0.25, 0.3) is 0 Å². The van der Waals surface area contributed by atoms with Gasteiger partial charge in [0.2, 0.25) is 17.7 Å². The third-order valence-corrected chi connectivity index (χ3v) is 5.01. The van der Waals surface area contributed by atoms with E-state index in [1.165, 1.54) is 6.92 Å². The molecule has 0 aromatic heterocycles. The van der Waals surface area contributed by atoms with E-state index in [1.54, 1.807) is 0 Å². The predicted molar refractivity (Wildman–Crippen MR) is 118 cm³/mol. The van der Waals surface area contributed by atoms with Gasteiger partial charge in [-0.15, -0.1) is 0 Å². The van der Waals surface area contributed by atoms with Gasteiger partial charge in [0.1, 0.15) is 18.1 Å². The quantitative estimate of drug-likeness (QED) is 0.0651. The van der Waals surface area contributed by atoms with E-state index in [1.807, 2.05) is 0 Å². The van der Waals surface area contributed by atoms with Gasteiger partial charge >= 0.3 is 11.9 Å². The summed E-state index contributed by atoms with van der Waals surface area (Å²) in [6.45, 7) is 2.03. The third-order valence-electron chi connectivity index (χ3n) is 5.01. The minimum atomic E-state index is -1.73. The minimum Gasteiger partial charge on any atom is -0.481 e. The van der Waals surface area contributed by atoms with Crippen molar-refractivity contribution in [1.29, 1.82) is 0 Å². The molecule has 1 fully saturated rings. The predicted octanol–water partition coefficient (Wildman–Crippen LogP) is -3.81. The Bertz CT molecular complexity index is 779. The van der Waals surface area contributed by atoms with Crippen LogP contribution in [-0.2, 0) is 24.0 Å². The molecule has 1 saturated heterocycles. The number of nitrogens with two attached hydrogens (primary N) is 2. The largest absolute Gasteiger partial charge is 0.481 e. The highest BCUT2D eigenvalue weighted by atomic mass is 16.4. The molecule has 1 aliphatic rings. The molecular formula is C19H33N7O8. The van der Waals surface area contributed by atoms with Crippen molar-refractivity contribution in [2.24, 2.45) is 16.5 Å². The van der Waals surface area contributed by atoms with Crippen molar-refractivity contribution >= 4 is 35.6 Å². The third kappa shape index (κ3) is 9.99. The Hall–Kier alpha value is -3.46. The van der Waals surface area contributed by atoms with Crippen LogP contribution in [0.25, 0.3) is 0 Å². The fourth-order valence-electron chi connectivity index (χ4n) is 3.25. The van der Waals surface area contributed by atoms with E-state index in [4.69, 9.17) is 16.6 Å². The first-order valence-electron chi connectivity index (χ1n) is 10.7. The van der Waals surface area contributed by atoms with Gasteiger partial charge in [-0.1, -0.05) is 0 Å². The van der Waals surface area contributed by atoms with Crippen LogP contribution in [0.3, 0.4) is 0 Å². The molecule has 15 nitrogen and oxygen atoms in total. The molecule has 192 valence electrons. The molecule has 0 aromatic carbocycles. The lowest BCUT2D eigenvalue weighted by molar-refractivity contribution is -0.147. The lowest BCUT2D eigenvalue weighted by Crippen LogP contribution is -2.59. The minimum absolute atomic E-state index is 0.0432. The second kappa shape index (κ2) is 13.9. The number of rotatable bonds is 14. The highest BCUT2D eigenvalue weighted by Gasteiger charge is 2.33. The number of carbonyl (C=O) groups is 5. The van der Waals surface area contributed by atoms with E-state index in [0.29, 0.717) is 13.0 Å². The Morgan fingerprint density at radius 1 is 1.06 bits per heavy atom. The molecule has 34 heavy (non-hydrogen) atoms. The van der Waals surface area contributed by atoms with E-state index >= 15 is 0 Å². The average Bonchev–Trinajstić information content (AvgIpc) is 3.27. The van der Waals surface area contributed by atoms with Crippen molar-refractivity contribution in [3.05, 3.63) is 0 Å². The summed E-state index contributed by atoms with van der Waals surface area (Å²) in [5, 5.41) is 37.9. The normalized spacial score (nSPS) is 18.6. The first kappa shape index (κ1) is 28.6. The Morgan fingerprint density at radius 3 is 2.21 bits per heavy atom. The molecule has 1 rings (SSSR count). The summed E-state index contributed by atoms with van der Waals surface area (Å²) in [7, 11) is 0. The van der Waals surface area contributed by atoms with Crippen molar-refractivity contribution in [3.63, 3.8) is 0 Å². The molecule has 15 heteroatoms. The van der Waals surface area contributed by atoms with Crippen LogP contribution in [0, 0.1) is 0 Å². The van der Waals surface area contributed by atoms with Crippen molar-refractivity contribution in [2.75, 3.05) is 13.1 Å². The fourth-order valence-corrected chi connectivity index (χ4v) is 3.25. The van der Waals surface area contributed by atoms with E-state index in [-0.39, 0.29) is 25.3 Å². The number of hydrogen-bond donors (Lipinski definition) is 9. The number of carboxylic acids is 2. The number of carbonyl (C=O) groups excluding carboxylic acids is 3. The zero-order chi connectivity index (χ0) is 25.8. The molecule has 5 atom stereocenters. The maximum atomic E-state index is 12.8. The molecule has 11 N–H and O–H groups in total. The number of hydrogen-bond acceptors (Lipinski definition) is 8. The molecule has 5 unspecified atom stereocenters. The first-order chi connectivity index (χ1) is 15.9. The Morgan fingerprint density at radius 2 is 1.71 bits per heavy atom. The number of aliphatic hydroxyl groups is 1. The van der Waals surface area contributed by atoms with Crippen molar-refractivity contribution in [3.8, 4) is 0 Å². The average molecular weight is 488 g/mol. The second-order valence-corrected chi connectivity index (χ2v) is 7.88. The maximum Gasteiger partial charge on any atom is 0.326 e. The number of nitrogens with zero attached hydrogens (tertiary/aromatic N) is 1. The SMILES string of the molecule is CC(O)C(NC(=O)C1CCCN1)C(=O)NC(CCCN=C(N)N)C(=O)NC(CC(=O)O)C(=O)O. The van der Waals surface area contributed by atoms with Crippen LogP contribution >= 0.6 is 0 Å². The number of aliphatic hydroxyl groups excluding tert-OH is 1. The van der Waals surface area contributed by atoms with Gasteiger partial charge in [0.15, 0.2) is 5.96 Å². The van der Waals surface area contributed by atoms with E-state index < -0.39 is 66.4 Å². The molecule has 0 aromatic rings. The van der Waals surface area contributed by atoms with Crippen LogP contribution in [0.1, 0.15) is 39.0 Å². The summed E-state index contributed by atoms with van der Waals surface area (Å²) < 4.78 is 0. The monoisotopic (exact) mass is 487 g/mol. The molecule has 0 spiro atoms. The molecule has 1 aliphatic heterocycles. The molecule has 0 aliphatic carbocycles. The molecule has 0 bridgehead atoms. The van der Waals surface area contributed by atoms with Crippen LogP contribution in [-0.4, -0.2) is 94.3 Å². The summed E-state index contributed by atoms with van der Waals surface area (Å²) in [6.07, 6.45) is -0.687. The van der Waals surface area contributed by atoms with Crippen molar-refractivity contribution in [2.45, 2.75) is 69.3 Å². The maximum absolute atomic E-state index is 12.8. The standard InChI is InChI=1S/C19H33N7O8/c1-9(27)14(26-15(30)10-4-2-6-22-10)17(32)24-11(5-3-7-23-19(20)21)16(31)25-12(18(33)34)8-13(28)29/h9-12,14,22,27H,2-8H2,1H3,(H,24,32)(H,25,31)(H,26,30)(H,28,29)(H,33,34)(H4,20,21,23). The Kier molecular flexibility index (Phi) is 11.7. The highest BCUT2D eigenvalue weighted by molar-refractivity contribution is 5.95. The van der Waals surface area contributed by atoms with E-state index in [2.05, 4.69) is 26.3 Å². The summed E-state index contributed by atoms with van der Waals surface area (Å²) in [6, 6.07) is -4.96. The molecule has 3 amide bonds. The molecular weight excluding hydrogens is 454 g/mol. The zero-order valence-electron chi connectivity index (χ0n) is 18.8. The Labute approximate surface area is 195 Å². The summed E-state index contributed by atoms with van der Waals surface area (Å²) in [5.41, 5.74) is 10.5. The highest BCUT2D eigenvalue weighted by Crippen LogP contribution is 2.07. The summed E-state index contributed by atoms with van der Waals surface area (Å²) >= 11 is 0. The summed E-state index contributed by atoms with van der Waals surface area (Å²) in [4.78, 5) is 63.9. The number of nitrogens with one attached hydrogen (secondary N) is 4. The number of amides is 3. The van der Waals surface area contributed by atoms with Crippen LogP contribution in [0.4, 0.5) is 0 Å². The van der Waals surface area contributed by atoms with Gasteiger partial charge in [-0.2, -0.15) is 0 Å². The van der Waals surface area contributed by atoms with Gasteiger partial charge < -0.3 is 48.1 Å². The number of aliphatic imine (C=N–C) groups is 1. The smallest absolute Gasteiger partial charge is 0.326 e. The van der Waals surface area contributed by atoms with Crippen LogP contribution in [0.5, 0.6) is 0 Å². The second-order valence-electron chi connectivity index (χ2n) is 7.88. The first-order valence-corrected chi connectivity index (χ1v) is 10.7. The van der Waals surface area contributed by atoms with Gasteiger partial charge in [0, 0.05) is 6.54 Å². The van der Waals surface area contributed by atoms with Gasteiger partial charge in [-0.05, 0) is 39.2 Å². The number of aliphatic carboxylic acids is 2. The lowest BCUT2D eigenvalue weighted by atomic mass is 10.1. The van der Waals surface area contributed by atoms with Crippen molar-refractivity contribution < 1.29 is 39.3 Å². The molecule has 0 radical (unpaired) electrons. The van der Waals surface area contributed by atoms with Gasteiger partial charge in [-0.25, -0.2) is 4.79 Å². The van der Waals surface area contributed by atoms with Crippen molar-refractivity contribution in [1.82, 2.24) is 21.3 Å². The van der Waals surface area contributed by atoms with Crippen LogP contribution in [0.15, 0.2) is 4.99 Å². The summed E-state index contributed by atoms with van der Waals surface area (Å²) in [5.74, 6) is -5.53. The van der Waals surface area contributed by atoms with Crippen LogP contribution < -0.4 is 32.7 Å². The molecule has 0 saturated carbocycles. The van der Waals surface area contributed by atoms with Gasteiger partial charge in [-0.3, -0.25) is 24.2 Å². The fraction of sp³-hybridized carbons (Fsp3) is 0.684. The molecule has 1 heterocycles. The number of guanidine groups is 1. The van der Waals surface area contributed by atoms with E-state index in [9.17, 15) is 34.2 Å². The number of carboxylic acid groups (broad SMARTS) is 2. The van der Waals surface area contributed by atoms with Crippen LogP contribution in [0.2, 0.25) is 0 Å². The lowest BCUT2D eigenvalue weighted by Gasteiger charge is -2.26. The topological polar surface area (TPSA) is 259 Å². The van der Waals surface area contributed by atoms with Gasteiger partial charge in [0.05, 0.1) is 18.6 Å². The Balaban J connectivity index is 2.94.